The van der Waals surface area contributed by atoms with E-state index in [1.165, 1.54) is 4.90 Å². The van der Waals surface area contributed by atoms with Gasteiger partial charge in [-0.3, -0.25) is 14.4 Å². The summed E-state index contributed by atoms with van der Waals surface area (Å²) in [6.45, 7) is -0.797. The van der Waals surface area contributed by atoms with Gasteiger partial charge in [0, 0.05) is 19.1 Å². The molecule has 0 saturated carbocycles. The molecule has 0 bridgehead atoms. The Bertz CT molecular complexity index is 422. The van der Waals surface area contributed by atoms with Gasteiger partial charge in [0.05, 0.1) is 24.5 Å². The number of nitrogens with zero attached hydrogens (tertiary/aromatic N) is 1. The van der Waals surface area contributed by atoms with Crippen LogP contribution in [0.1, 0.15) is 6.42 Å². The van der Waals surface area contributed by atoms with E-state index in [2.05, 4.69) is 4.74 Å². The highest BCUT2D eigenvalue weighted by Crippen LogP contribution is 2.18. The molecule has 6 nitrogen and oxygen atoms in total. The lowest BCUT2D eigenvalue weighted by molar-refractivity contribution is -0.325. The number of carboxylic acids is 1. The van der Waals surface area contributed by atoms with Gasteiger partial charge in [-0.05, 0) is 0 Å². The summed E-state index contributed by atoms with van der Waals surface area (Å²) in [6.07, 6.45) is -5.17. The third-order valence-electron chi connectivity index (χ3n) is 2.71. The van der Waals surface area contributed by atoms with Gasteiger partial charge in [-0.2, -0.15) is 0 Å². The van der Waals surface area contributed by atoms with Crippen LogP contribution < -0.4 is 0 Å². The van der Waals surface area contributed by atoms with Crippen LogP contribution in [-0.2, 0) is 19.4 Å². The summed E-state index contributed by atoms with van der Waals surface area (Å²) in [4.78, 5) is 12.0. The molecule has 10 heteroatoms. The molecule has 1 N–H and O–H groups in total. The molecule has 1 rings (SSSR count). The molecule has 19 heavy (non-hydrogen) atoms. The molecule has 1 heterocycles. The molecule has 1 aliphatic rings. The van der Waals surface area contributed by atoms with Crippen molar-refractivity contribution in [2.75, 3.05) is 31.2 Å². The van der Waals surface area contributed by atoms with E-state index in [0.717, 1.165) is 0 Å². The number of aliphatic carboxylic acids is 1. The standard InChI is InChI=1S/C9H14F3NO5S/c10-9(11,12)18-3-1-13-2-4-19(16,17)6-7(13)5-8(14)15/h7H,1-6H2,(H,14,15). The summed E-state index contributed by atoms with van der Waals surface area (Å²) in [6, 6.07) is -0.812. The molecule has 0 aliphatic carbocycles. The number of alkyl halides is 3. The fourth-order valence-electron chi connectivity index (χ4n) is 1.88. The number of carbonyl (C=O) groups is 1. The van der Waals surface area contributed by atoms with Crippen molar-refractivity contribution < 1.29 is 36.2 Å². The summed E-state index contributed by atoms with van der Waals surface area (Å²) in [5.74, 6) is -1.73. The topological polar surface area (TPSA) is 83.9 Å². The van der Waals surface area contributed by atoms with Gasteiger partial charge in [0.1, 0.15) is 0 Å². The van der Waals surface area contributed by atoms with Crippen molar-refractivity contribution in [2.45, 2.75) is 18.8 Å². The van der Waals surface area contributed by atoms with Crippen molar-refractivity contribution in [1.29, 1.82) is 0 Å². The maximum absolute atomic E-state index is 11.8. The SMILES string of the molecule is O=C(O)CC1CS(=O)(=O)CCN1CCOC(F)(F)F. The van der Waals surface area contributed by atoms with Gasteiger partial charge in [0.2, 0.25) is 0 Å². The van der Waals surface area contributed by atoms with Crippen LogP contribution in [0.25, 0.3) is 0 Å². The molecular formula is C9H14F3NO5S. The number of sulfone groups is 1. The quantitative estimate of drug-likeness (QED) is 0.775. The average molecular weight is 305 g/mol. The Hall–Kier alpha value is -0.870. The molecule has 0 aromatic carbocycles. The minimum atomic E-state index is -4.75. The molecular weight excluding hydrogens is 291 g/mol. The first-order chi connectivity index (χ1) is 8.59. The highest BCUT2D eigenvalue weighted by atomic mass is 32.2. The fraction of sp³-hybridized carbons (Fsp3) is 0.889. The average Bonchev–Trinajstić information content (AvgIpc) is 2.18. The number of rotatable bonds is 5. The number of halogens is 3. The Kier molecular flexibility index (Phi) is 5.16. The minimum Gasteiger partial charge on any atom is -0.481 e. The van der Waals surface area contributed by atoms with E-state index in [4.69, 9.17) is 5.11 Å². The molecule has 1 aliphatic heterocycles. The van der Waals surface area contributed by atoms with Crippen LogP contribution in [0, 0.1) is 0 Å². The molecule has 1 saturated heterocycles. The smallest absolute Gasteiger partial charge is 0.481 e. The largest absolute Gasteiger partial charge is 0.522 e. The van der Waals surface area contributed by atoms with E-state index in [1.807, 2.05) is 0 Å². The first-order valence-corrected chi connectivity index (χ1v) is 7.28. The molecule has 0 spiro atoms. The third-order valence-corrected chi connectivity index (χ3v) is 4.40. The van der Waals surface area contributed by atoms with Gasteiger partial charge in [-0.15, -0.1) is 13.2 Å². The van der Waals surface area contributed by atoms with Gasteiger partial charge in [-0.1, -0.05) is 0 Å². The Morgan fingerprint density at radius 2 is 2.05 bits per heavy atom. The normalized spacial score (nSPS) is 24.3. The predicted molar refractivity (Wildman–Crippen MR) is 58.3 cm³/mol. The van der Waals surface area contributed by atoms with Crippen LogP contribution in [0.2, 0.25) is 0 Å². The highest BCUT2D eigenvalue weighted by molar-refractivity contribution is 7.91. The maximum Gasteiger partial charge on any atom is 0.522 e. The first kappa shape index (κ1) is 16.2. The van der Waals surface area contributed by atoms with Crippen LogP contribution in [-0.4, -0.2) is 68.0 Å². The van der Waals surface area contributed by atoms with Gasteiger partial charge in [0.15, 0.2) is 9.84 Å². The molecule has 0 aromatic heterocycles. The Labute approximate surface area is 108 Å². The second-order valence-corrected chi connectivity index (χ2v) is 6.42. The molecule has 0 aromatic rings. The second kappa shape index (κ2) is 6.06. The van der Waals surface area contributed by atoms with E-state index in [0.29, 0.717) is 0 Å². The molecule has 0 radical (unpaired) electrons. The number of ether oxygens (including phenoxy) is 1. The van der Waals surface area contributed by atoms with Crippen LogP contribution in [0.5, 0.6) is 0 Å². The first-order valence-electron chi connectivity index (χ1n) is 5.46. The summed E-state index contributed by atoms with van der Waals surface area (Å²) in [5.41, 5.74) is 0. The lowest BCUT2D eigenvalue weighted by Gasteiger charge is -2.34. The van der Waals surface area contributed by atoms with Gasteiger partial charge in [-0.25, -0.2) is 8.42 Å². The molecule has 1 unspecified atom stereocenters. The highest BCUT2D eigenvalue weighted by Gasteiger charge is 2.34. The summed E-state index contributed by atoms with van der Waals surface area (Å²) in [5, 5.41) is 8.68. The Balaban J connectivity index is 2.56. The zero-order valence-electron chi connectivity index (χ0n) is 9.89. The summed E-state index contributed by atoms with van der Waals surface area (Å²) < 4.78 is 61.8. The molecule has 112 valence electrons. The zero-order valence-corrected chi connectivity index (χ0v) is 10.7. The van der Waals surface area contributed by atoms with E-state index in [1.54, 1.807) is 0 Å². The lowest BCUT2D eigenvalue weighted by atomic mass is 10.2. The van der Waals surface area contributed by atoms with Crippen molar-refractivity contribution in [1.82, 2.24) is 4.90 Å². The molecule has 0 amide bonds. The number of hydrogen-bond acceptors (Lipinski definition) is 5. The fourth-order valence-corrected chi connectivity index (χ4v) is 3.48. The van der Waals surface area contributed by atoms with Crippen LogP contribution in [0.4, 0.5) is 13.2 Å². The van der Waals surface area contributed by atoms with E-state index >= 15 is 0 Å². The van der Waals surface area contributed by atoms with Crippen molar-refractivity contribution >= 4 is 15.8 Å². The van der Waals surface area contributed by atoms with E-state index in [9.17, 15) is 26.4 Å². The zero-order chi connectivity index (χ0) is 14.7. The van der Waals surface area contributed by atoms with Gasteiger partial charge >= 0.3 is 12.3 Å². The maximum atomic E-state index is 11.8. The van der Waals surface area contributed by atoms with E-state index in [-0.39, 0.29) is 24.6 Å². The third kappa shape index (κ3) is 6.21. The van der Waals surface area contributed by atoms with Crippen molar-refractivity contribution in [3.63, 3.8) is 0 Å². The predicted octanol–water partition coefficient (Wildman–Crippen LogP) is 0.0965. The Morgan fingerprint density at radius 3 is 2.58 bits per heavy atom. The van der Waals surface area contributed by atoms with Crippen LogP contribution in [0.3, 0.4) is 0 Å². The second-order valence-electron chi connectivity index (χ2n) is 4.20. The summed E-state index contributed by atoms with van der Waals surface area (Å²) in [7, 11) is -3.33. The molecule has 1 fully saturated rings. The minimum absolute atomic E-state index is 0.0154. The van der Waals surface area contributed by atoms with Crippen molar-refractivity contribution in [3.8, 4) is 0 Å². The lowest BCUT2D eigenvalue weighted by Crippen LogP contribution is -2.50. The van der Waals surface area contributed by atoms with Crippen molar-refractivity contribution in [2.24, 2.45) is 0 Å². The Morgan fingerprint density at radius 1 is 1.42 bits per heavy atom. The molecule has 1 atom stereocenters. The monoisotopic (exact) mass is 305 g/mol. The number of hydrogen-bond donors (Lipinski definition) is 1. The van der Waals surface area contributed by atoms with Crippen LogP contribution >= 0.6 is 0 Å². The van der Waals surface area contributed by atoms with Gasteiger partial charge < -0.3 is 5.11 Å². The van der Waals surface area contributed by atoms with E-state index < -0.39 is 41.2 Å². The van der Waals surface area contributed by atoms with Crippen LogP contribution in [0.15, 0.2) is 0 Å². The number of carboxylic acid groups (broad SMARTS) is 1. The van der Waals surface area contributed by atoms with Crippen molar-refractivity contribution in [3.05, 3.63) is 0 Å². The summed E-state index contributed by atoms with van der Waals surface area (Å²) >= 11 is 0. The van der Waals surface area contributed by atoms with Gasteiger partial charge in [0.25, 0.3) is 0 Å².